The van der Waals surface area contributed by atoms with E-state index in [4.69, 9.17) is 20.3 Å². The second-order valence-electron chi connectivity index (χ2n) is 4.37. The number of benzene rings is 1. The number of imide groups is 1. The molecule has 0 radical (unpaired) electrons. The van der Waals surface area contributed by atoms with Crippen molar-refractivity contribution in [2.45, 2.75) is 12.6 Å². The van der Waals surface area contributed by atoms with Crippen molar-refractivity contribution in [1.29, 1.82) is 0 Å². The third-order valence-corrected chi connectivity index (χ3v) is 3.15. The van der Waals surface area contributed by atoms with Crippen LogP contribution in [0.15, 0.2) is 30.3 Å². The highest BCUT2D eigenvalue weighted by Gasteiger charge is 2.33. The molecule has 0 spiro atoms. The van der Waals surface area contributed by atoms with Gasteiger partial charge in [0.1, 0.15) is 25.6 Å². The van der Waals surface area contributed by atoms with Gasteiger partial charge >= 0.3 is 13.7 Å². The first-order valence-corrected chi connectivity index (χ1v) is 7.92. The summed E-state index contributed by atoms with van der Waals surface area (Å²) in [6.07, 6.45) is -2.53. The van der Waals surface area contributed by atoms with Crippen LogP contribution < -0.4 is 5.73 Å². The van der Waals surface area contributed by atoms with Crippen molar-refractivity contribution in [3.63, 3.8) is 0 Å². The van der Waals surface area contributed by atoms with E-state index in [9.17, 15) is 18.5 Å². The summed E-state index contributed by atoms with van der Waals surface area (Å²) in [6.45, 7) is -1.49. The highest BCUT2D eigenvalue weighted by molar-refractivity contribution is 7.51. The summed E-state index contributed by atoms with van der Waals surface area (Å²) < 4.78 is 28.2. The van der Waals surface area contributed by atoms with E-state index < -0.39 is 38.6 Å². The molecule has 10 heteroatoms. The molecule has 8 nitrogen and oxygen atoms in total. The molecule has 122 valence electrons. The van der Waals surface area contributed by atoms with Gasteiger partial charge in [0.05, 0.1) is 0 Å². The van der Waals surface area contributed by atoms with Crippen LogP contribution in [0, 0.1) is 0 Å². The standard InChI is InChI=1S/C12H16FN2O6P/c13-6-10(14)11(16)15(8-22(18,19)20)12(17)21-7-9-4-2-1-3-5-9/h1-5,10H,6-8,14H2,(H2,18,19,20)/t10-/m0/s1. The molecule has 0 bridgehead atoms. The molecule has 22 heavy (non-hydrogen) atoms. The van der Waals surface area contributed by atoms with E-state index in [1.807, 2.05) is 0 Å². The van der Waals surface area contributed by atoms with Crippen LogP contribution in [0.25, 0.3) is 0 Å². The molecular formula is C12H16FN2O6P. The number of carbonyl (C=O) groups is 2. The van der Waals surface area contributed by atoms with Gasteiger partial charge in [0.25, 0.3) is 5.91 Å². The van der Waals surface area contributed by atoms with Crippen LogP contribution in [-0.4, -0.2) is 45.7 Å². The molecule has 0 unspecified atom stereocenters. The molecule has 0 aliphatic heterocycles. The Labute approximate surface area is 125 Å². The zero-order chi connectivity index (χ0) is 16.8. The summed E-state index contributed by atoms with van der Waals surface area (Å²) in [5.74, 6) is -1.26. The summed E-state index contributed by atoms with van der Waals surface area (Å²) in [7, 11) is -4.75. The lowest BCUT2D eigenvalue weighted by Crippen LogP contribution is -2.48. The van der Waals surface area contributed by atoms with E-state index in [0.717, 1.165) is 0 Å². The number of amides is 2. The number of halogens is 1. The topological polar surface area (TPSA) is 130 Å². The minimum atomic E-state index is -4.75. The number of nitrogens with zero attached hydrogens (tertiary/aromatic N) is 1. The number of alkyl halides is 1. The van der Waals surface area contributed by atoms with Crippen molar-refractivity contribution in [3.05, 3.63) is 35.9 Å². The largest absolute Gasteiger partial charge is 0.444 e. The van der Waals surface area contributed by atoms with E-state index in [-0.39, 0.29) is 11.5 Å². The van der Waals surface area contributed by atoms with Gasteiger partial charge in [0.15, 0.2) is 0 Å². The Hall–Kier alpha value is -1.80. The molecule has 1 aromatic rings. The van der Waals surface area contributed by atoms with Crippen LogP contribution in [-0.2, 0) is 20.7 Å². The van der Waals surface area contributed by atoms with Gasteiger partial charge in [0.2, 0.25) is 0 Å². The quantitative estimate of drug-likeness (QED) is 0.649. The summed E-state index contributed by atoms with van der Waals surface area (Å²) in [5, 5.41) is 0. The lowest BCUT2D eigenvalue weighted by Gasteiger charge is -2.22. The normalized spacial score (nSPS) is 12.5. The summed E-state index contributed by atoms with van der Waals surface area (Å²) in [4.78, 5) is 41.5. The Morgan fingerprint density at radius 3 is 2.41 bits per heavy atom. The van der Waals surface area contributed by atoms with E-state index in [2.05, 4.69) is 0 Å². The molecule has 0 fully saturated rings. The maximum Gasteiger partial charge on any atom is 0.417 e. The van der Waals surface area contributed by atoms with Crippen LogP contribution in [0.2, 0.25) is 0 Å². The molecule has 0 aliphatic carbocycles. The van der Waals surface area contributed by atoms with Crippen LogP contribution in [0.1, 0.15) is 5.56 Å². The fourth-order valence-electron chi connectivity index (χ4n) is 1.47. The van der Waals surface area contributed by atoms with Crippen molar-refractivity contribution in [2.24, 2.45) is 5.73 Å². The van der Waals surface area contributed by atoms with Gasteiger partial charge in [-0.25, -0.2) is 14.1 Å². The number of hydrogen-bond donors (Lipinski definition) is 3. The zero-order valence-electron chi connectivity index (χ0n) is 11.5. The van der Waals surface area contributed by atoms with Gasteiger partial charge in [-0.1, -0.05) is 30.3 Å². The second kappa shape index (κ2) is 8.00. The first-order chi connectivity index (χ1) is 10.2. The Balaban J connectivity index is 2.79. The predicted molar refractivity (Wildman–Crippen MR) is 74.3 cm³/mol. The second-order valence-corrected chi connectivity index (χ2v) is 5.99. The Morgan fingerprint density at radius 1 is 1.32 bits per heavy atom. The van der Waals surface area contributed by atoms with Crippen molar-refractivity contribution in [2.75, 3.05) is 13.0 Å². The molecule has 0 saturated heterocycles. The highest BCUT2D eigenvalue weighted by Crippen LogP contribution is 2.35. The van der Waals surface area contributed by atoms with Gasteiger partial charge in [-0.3, -0.25) is 9.36 Å². The molecule has 1 rings (SSSR count). The number of nitrogens with two attached hydrogens (primary N) is 1. The van der Waals surface area contributed by atoms with Crippen LogP contribution >= 0.6 is 7.60 Å². The molecule has 0 saturated carbocycles. The molecule has 0 aromatic heterocycles. The summed E-state index contributed by atoms with van der Waals surface area (Å²) >= 11 is 0. The molecular weight excluding hydrogens is 318 g/mol. The van der Waals surface area contributed by atoms with Gasteiger partial charge in [-0.2, -0.15) is 0 Å². The van der Waals surface area contributed by atoms with Crippen molar-refractivity contribution >= 4 is 19.6 Å². The van der Waals surface area contributed by atoms with Crippen LogP contribution in [0.4, 0.5) is 9.18 Å². The van der Waals surface area contributed by atoms with E-state index >= 15 is 0 Å². The van der Waals surface area contributed by atoms with Crippen LogP contribution in [0.5, 0.6) is 0 Å². The van der Waals surface area contributed by atoms with Crippen molar-refractivity contribution in [1.82, 2.24) is 4.90 Å². The third kappa shape index (κ3) is 5.90. The first-order valence-electron chi connectivity index (χ1n) is 6.13. The van der Waals surface area contributed by atoms with Gasteiger partial charge in [-0.05, 0) is 5.56 Å². The Bertz CT molecular complexity index is 564. The highest BCUT2D eigenvalue weighted by atomic mass is 31.2. The average molecular weight is 334 g/mol. The van der Waals surface area contributed by atoms with Crippen LogP contribution in [0.3, 0.4) is 0 Å². The number of hydrogen-bond acceptors (Lipinski definition) is 5. The molecule has 4 N–H and O–H groups in total. The number of carbonyl (C=O) groups excluding carboxylic acids is 2. The maximum absolute atomic E-state index is 12.4. The van der Waals surface area contributed by atoms with Gasteiger partial charge in [0, 0.05) is 0 Å². The summed E-state index contributed by atoms with van der Waals surface area (Å²) in [5.41, 5.74) is 5.76. The minimum absolute atomic E-state index is 0.119. The van der Waals surface area contributed by atoms with E-state index in [0.29, 0.717) is 5.56 Å². The predicted octanol–water partition coefficient (Wildman–Crippen LogP) is 0.584. The third-order valence-electron chi connectivity index (χ3n) is 2.50. The Kier molecular flexibility index (Phi) is 6.63. The van der Waals surface area contributed by atoms with E-state index in [1.54, 1.807) is 30.3 Å². The molecule has 2 amide bonds. The Morgan fingerprint density at radius 2 is 1.91 bits per heavy atom. The molecule has 0 heterocycles. The zero-order valence-corrected chi connectivity index (χ0v) is 12.4. The molecule has 0 aliphatic rings. The smallest absolute Gasteiger partial charge is 0.417 e. The monoisotopic (exact) mass is 334 g/mol. The molecule has 1 aromatic carbocycles. The fourth-order valence-corrected chi connectivity index (χ4v) is 2.09. The number of ether oxygens (including phenoxy) is 1. The first kappa shape index (κ1) is 18.2. The van der Waals surface area contributed by atoms with Gasteiger partial charge in [-0.15, -0.1) is 0 Å². The number of rotatable bonds is 6. The van der Waals surface area contributed by atoms with Crippen molar-refractivity contribution in [3.8, 4) is 0 Å². The minimum Gasteiger partial charge on any atom is -0.444 e. The fraction of sp³-hybridized carbons (Fsp3) is 0.333. The average Bonchev–Trinajstić information content (AvgIpc) is 2.49. The van der Waals surface area contributed by atoms with Crippen molar-refractivity contribution < 1.29 is 33.1 Å². The molecule has 1 atom stereocenters. The lowest BCUT2D eigenvalue weighted by atomic mass is 10.2. The SMILES string of the molecule is N[C@@H](CF)C(=O)N(CP(=O)(O)O)C(=O)OCc1ccccc1. The van der Waals surface area contributed by atoms with Gasteiger partial charge < -0.3 is 20.3 Å². The maximum atomic E-state index is 12.4. The lowest BCUT2D eigenvalue weighted by molar-refractivity contribution is -0.130. The van der Waals surface area contributed by atoms with E-state index in [1.165, 1.54) is 0 Å². The summed E-state index contributed by atoms with van der Waals surface area (Å²) in [6, 6.07) is 6.73.